The molecule has 0 spiro atoms. The molecule has 0 bridgehead atoms. The van der Waals surface area contributed by atoms with Crippen molar-refractivity contribution in [2.24, 2.45) is 0 Å². The first-order chi connectivity index (χ1) is 46.0. The zero-order chi connectivity index (χ0) is 63.8. The molecule has 0 unspecified atom stereocenters. The van der Waals surface area contributed by atoms with E-state index in [0.29, 0.717) is 0 Å². The molecule has 1 aliphatic rings. The zero-order valence-electron chi connectivity index (χ0n) is 53.1. The summed E-state index contributed by atoms with van der Waals surface area (Å²) in [7, 11) is -0.403. The van der Waals surface area contributed by atoms with E-state index in [4.69, 9.17) is 9.31 Å². The van der Waals surface area contributed by atoms with E-state index in [-0.39, 0.29) is 18.6 Å². The third kappa shape index (κ3) is 12.1. The summed E-state index contributed by atoms with van der Waals surface area (Å²) in [6.07, 6.45) is 0. The Morgan fingerprint density at radius 1 is 0.242 bits per heavy atom. The van der Waals surface area contributed by atoms with Crippen molar-refractivity contribution in [2.75, 3.05) is 0 Å². The van der Waals surface area contributed by atoms with Crippen molar-refractivity contribution < 1.29 is 9.31 Å². The molecule has 1 saturated heterocycles. The van der Waals surface area contributed by atoms with Gasteiger partial charge in [0.1, 0.15) is 0 Å². The highest BCUT2D eigenvalue weighted by Gasteiger charge is 2.51. The molecule has 1 heterocycles. The number of benzene rings is 16. The van der Waals surface area contributed by atoms with Gasteiger partial charge < -0.3 is 9.31 Å². The average Bonchev–Trinajstić information content (AvgIpc) is 0.877. The summed E-state index contributed by atoms with van der Waals surface area (Å²) in [4.78, 5) is 0. The highest BCUT2D eigenvalue weighted by atomic mass is 79.9. The SMILES string of the molecule is Brc1cccc2ccc(-c3ccccc3)cc12.C.CC1(C)OB(c2ccc3c(-c4ccccc4)c4ccccc4c(-c4ccccc4)c3c2)OC1(C)C.c1ccc(-c2ccc3cccc(-c4ccc5c(-c6ccccc6)c6ccccc6c(-c6ccccc6)c5c4)c3c2)cc1. The number of halogens is 1. The Morgan fingerprint density at radius 3 is 0.989 bits per heavy atom. The van der Waals surface area contributed by atoms with Crippen LogP contribution in [0, 0.1) is 0 Å². The molecule has 1 aliphatic heterocycles. The van der Waals surface area contributed by atoms with Gasteiger partial charge in [0, 0.05) is 4.47 Å². The van der Waals surface area contributed by atoms with Gasteiger partial charge in [-0.1, -0.05) is 339 Å². The van der Waals surface area contributed by atoms with Gasteiger partial charge in [0.05, 0.1) is 11.2 Å². The lowest BCUT2D eigenvalue weighted by atomic mass is 9.76. The Labute approximate surface area is 567 Å². The van der Waals surface area contributed by atoms with E-state index in [1.807, 2.05) is 6.07 Å². The Balaban J connectivity index is 0.000000132. The topological polar surface area (TPSA) is 18.5 Å². The Morgan fingerprint density at radius 2 is 0.558 bits per heavy atom. The molecular formula is C91H72BBrO2. The second-order valence-electron chi connectivity index (χ2n) is 25.4. The molecule has 16 aromatic carbocycles. The van der Waals surface area contributed by atoms with Crippen LogP contribution in [0.25, 0.3) is 143 Å². The minimum absolute atomic E-state index is 0. The molecule has 16 aromatic rings. The van der Waals surface area contributed by atoms with Crippen molar-refractivity contribution >= 4 is 93.1 Å². The van der Waals surface area contributed by atoms with Crippen LogP contribution in [0.5, 0.6) is 0 Å². The number of rotatable bonds is 8. The Kier molecular flexibility index (Phi) is 17.3. The average molecular weight is 1290 g/mol. The second-order valence-corrected chi connectivity index (χ2v) is 26.2. The summed E-state index contributed by atoms with van der Waals surface area (Å²) < 4.78 is 14.0. The fraction of sp³-hybridized carbons (Fsp3) is 0.0769. The summed E-state index contributed by atoms with van der Waals surface area (Å²) in [6.45, 7) is 8.41. The van der Waals surface area contributed by atoms with Gasteiger partial charge in [-0.05, 0) is 200 Å². The zero-order valence-corrected chi connectivity index (χ0v) is 54.7. The van der Waals surface area contributed by atoms with Gasteiger partial charge in [-0.15, -0.1) is 0 Å². The van der Waals surface area contributed by atoms with E-state index in [0.717, 1.165) is 9.94 Å². The van der Waals surface area contributed by atoms with Crippen molar-refractivity contribution in [3.63, 3.8) is 0 Å². The van der Waals surface area contributed by atoms with E-state index in [9.17, 15) is 0 Å². The summed E-state index contributed by atoms with van der Waals surface area (Å²) in [5.74, 6) is 0. The van der Waals surface area contributed by atoms with Gasteiger partial charge in [-0.2, -0.15) is 0 Å². The lowest BCUT2D eigenvalue weighted by Crippen LogP contribution is -2.41. The molecule has 0 amide bonds. The molecule has 95 heavy (non-hydrogen) atoms. The van der Waals surface area contributed by atoms with Gasteiger partial charge in [-0.25, -0.2) is 0 Å². The third-order valence-corrected chi connectivity index (χ3v) is 19.8. The Bertz CT molecular complexity index is 5410. The van der Waals surface area contributed by atoms with Crippen molar-refractivity contribution in [3.8, 4) is 77.9 Å². The van der Waals surface area contributed by atoms with E-state index in [2.05, 4.69) is 377 Å². The van der Waals surface area contributed by atoms with Crippen molar-refractivity contribution in [1.82, 2.24) is 0 Å². The summed E-state index contributed by atoms with van der Waals surface area (Å²) in [5, 5.41) is 15.1. The quantitative estimate of drug-likeness (QED) is 0.112. The second kappa shape index (κ2) is 26.5. The summed E-state index contributed by atoms with van der Waals surface area (Å²) in [6, 6.07) is 122. The smallest absolute Gasteiger partial charge is 0.399 e. The molecule has 0 aliphatic carbocycles. The fourth-order valence-corrected chi connectivity index (χ4v) is 14.2. The van der Waals surface area contributed by atoms with E-state index in [1.54, 1.807) is 0 Å². The monoisotopic (exact) mass is 1290 g/mol. The van der Waals surface area contributed by atoms with Crippen LogP contribution in [0.3, 0.4) is 0 Å². The minimum atomic E-state index is -0.403. The normalized spacial score (nSPS) is 13.1. The van der Waals surface area contributed by atoms with Crippen LogP contribution < -0.4 is 5.46 Å². The molecular weight excluding hydrogens is 1220 g/mol. The lowest BCUT2D eigenvalue weighted by molar-refractivity contribution is 0.00578. The largest absolute Gasteiger partial charge is 0.494 e. The lowest BCUT2D eigenvalue weighted by Gasteiger charge is -2.32. The molecule has 0 aromatic heterocycles. The molecule has 0 radical (unpaired) electrons. The number of hydrogen-bond acceptors (Lipinski definition) is 2. The molecule has 2 nitrogen and oxygen atoms in total. The standard InChI is InChI=1S/C42H28.C32H29BO2.C16H11Br.CH4/c1-4-13-29(14-5-1)33-24-23-30-19-12-22-35(39(30)27-33)34-25-26-38-40(28-34)42(32-17-8-3-9-18-32)37-21-11-10-20-36(37)41(38)31-15-6-2-7-16-31;1-31(2)32(3,4)35-33(34-31)24-19-20-27-28(21-24)30(23-15-9-6-10-16-23)26-18-12-11-17-25(26)29(27)22-13-7-5-8-14-22;17-16-8-4-7-13-9-10-14(11-15(13)16)12-5-2-1-3-6-12;/h1-28H;5-21H,1-4H3;1-11H;1H4. The van der Waals surface area contributed by atoms with Crippen LogP contribution in [-0.4, -0.2) is 18.3 Å². The van der Waals surface area contributed by atoms with Crippen LogP contribution in [0.4, 0.5) is 0 Å². The first-order valence-electron chi connectivity index (χ1n) is 32.4. The highest BCUT2D eigenvalue weighted by molar-refractivity contribution is 9.10. The van der Waals surface area contributed by atoms with Crippen LogP contribution in [0.2, 0.25) is 0 Å². The molecule has 458 valence electrons. The van der Waals surface area contributed by atoms with E-state index >= 15 is 0 Å². The molecule has 17 rings (SSSR count). The van der Waals surface area contributed by atoms with Crippen molar-refractivity contribution in [2.45, 2.75) is 46.3 Å². The highest BCUT2D eigenvalue weighted by Crippen LogP contribution is 2.47. The molecule has 0 atom stereocenters. The van der Waals surface area contributed by atoms with Crippen LogP contribution in [-0.2, 0) is 9.31 Å². The maximum absolute atomic E-state index is 6.42. The van der Waals surface area contributed by atoms with Gasteiger partial charge in [0.15, 0.2) is 0 Å². The molecule has 1 fully saturated rings. The minimum Gasteiger partial charge on any atom is -0.399 e. The molecule has 0 saturated carbocycles. The van der Waals surface area contributed by atoms with Gasteiger partial charge in [0.2, 0.25) is 0 Å². The van der Waals surface area contributed by atoms with Crippen molar-refractivity contribution in [1.29, 1.82) is 0 Å². The van der Waals surface area contributed by atoms with Gasteiger partial charge in [-0.3, -0.25) is 0 Å². The molecule has 0 N–H and O–H groups in total. The predicted molar refractivity (Wildman–Crippen MR) is 413 cm³/mol. The maximum Gasteiger partial charge on any atom is 0.494 e. The van der Waals surface area contributed by atoms with E-state index in [1.165, 1.54) is 143 Å². The first-order valence-corrected chi connectivity index (χ1v) is 33.2. The first kappa shape index (κ1) is 62.0. The van der Waals surface area contributed by atoms with Crippen LogP contribution >= 0.6 is 15.9 Å². The summed E-state index contributed by atoms with van der Waals surface area (Å²) in [5.41, 5.74) is 17.7. The van der Waals surface area contributed by atoms with Gasteiger partial charge >= 0.3 is 7.12 Å². The van der Waals surface area contributed by atoms with E-state index < -0.39 is 7.12 Å². The summed E-state index contributed by atoms with van der Waals surface area (Å²) >= 11 is 3.60. The van der Waals surface area contributed by atoms with Crippen molar-refractivity contribution in [3.05, 3.63) is 344 Å². The third-order valence-electron chi connectivity index (χ3n) is 19.1. The molecule has 4 heteroatoms. The number of hydrogen-bond donors (Lipinski definition) is 0. The fourth-order valence-electron chi connectivity index (χ4n) is 13.7. The van der Waals surface area contributed by atoms with Gasteiger partial charge in [0.25, 0.3) is 0 Å². The number of fused-ring (bicyclic) bond motifs is 6. The maximum atomic E-state index is 6.42. The van der Waals surface area contributed by atoms with Crippen LogP contribution in [0.1, 0.15) is 35.1 Å². The van der Waals surface area contributed by atoms with Crippen LogP contribution in [0.15, 0.2) is 344 Å². The Hall–Kier alpha value is -10.5. The predicted octanol–water partition coefficient (Wildman–Crippen LogP) is 25.3.